The number of nitrogens with zero attached hydrogens (tertiary/aromatic N) is 3. The van der Waals surface area contributed by atoms with Crippen molar-refractivity contribution in [2.45, 2.75) is 50.5 Å². The summed E-state index contributed by atoms with van der Waals surface area (Å²) in [7, 11) is 0. The average Bonchev–Trinajstić information content (AvgIpc) is 3.19. The van der Waals surface area contributed by atoms with Crippen LogP contribution in [0.3, 0.4) is 0 Å². The van der Waals surface area contributed by atoms with Gasteiger partial charge in [-0.25, -0.2) is 0 Å². The summed E-state index contributed by atoms with van der Waals surface area (Å²) < 4.78 is 0. The average molecular weight is 489 g/mol. The molecule has 1 saturated carbocycles. The first-order valence-corrected chi connectivity index (χ1v) is 13.3. The van der Waals surface area contributed by atoms with Crippen LogP contribution in [0, 0.1) is 5.92 Å². The van der Waals surface area contributed by atoms with E-state index in [9.17, 15) is 14.4 Å². The van der Waals surface area contributed by atoms with Gasteiger partial charge in [0.15, 0.2) is 0 Å². The van der Waals surface area contributed by atoms with Gasteiger partial charge in [-0.15, -0.1) is 0 Å². The second kappa shape index (κ2) is 10.7. The molecule has 1 spiro atoms. The van der Waals surface area contributed by atoms with Crippen molar-refractivity contribution in [3.63, 3.8) is 0 Å². The van der Waals surface area contributed by atoms with Crippen molar-refractivity contribution in [3.05, 3.63) is 66.2 Å². The maximum absolute atomic E-state index is 13.9. The van der Waals surface area contributed by atoms with Crippen LogP contribution in [0.25, 0.3) is 0 Å². The van der Waals surface area contributed by atoms with E-state index in [1.807, 2.05) is 65.6 Å². The molecule has 2 aromatic carbocycles. The van der Waals surface area contributed by atoms with Gasteiger partial charge in [-0.3, -0.25) is 14.4 Å². The Kier molecular flexibility index (Phi) is 7.25. The summed E-state index contributed by atoms with van der Waals surface area (Å²) in [4.78, 5) is 45.4. The molecule has 5 rings (SSSR count). The van der Waals surface area contributed by atoms with Crippen LogP contribution in [0.4, 0.5) is 5.69 Å². The summed E-state index contributed by atoms with van der Waals surface area (Å²) in [5.74, 6) is 0.457. The largest absolute Gasteiger partial charge is 0.354 e. The Hall–Kier alpha value is -3.35. The smallest absolute Gasteiger partial charge is 0.253 e. The van der Waals surface area contributed by atoms with Gasteiger partial charge < -0.3 is 20.0 Å². The number of hydrogen-bond donors (Lipinski definition) is 1. The maximum Gasteiger partial charge on any atom is 0.253 e. The third-order valence-electron chi connectivity index (χ3n) is 8.13. The SMILES string of the molecule is O=C(CN1CN(c2ccccc2)C2(CCN(C(=O)c3ccccc3)CC2)C1=O)NCC1CCCCC1. The van der Waals surface area contributed by atoms with E-state index in [1.54, 1.807) is 4.90 Å². The summed E-state index contributed by atoms with van der Waals surface area (Å²) in [6.45, 7) is 2.16. The number of carbonyl (C=O) groups excluding carboxylic acids is 3. The fourth-order valence-corrected chi connectivity index (χ4v) is 6.04. The highest BCUT2D eigenvalue weighted by Crippen LogP contribution is 2.39. The van der Waals surface area contributed by atoms with Crippen LogP contribution >= 0.6 is 0 Å². The molecule has 7 nitrogen and oxygen atoms in total. The minimum absolute atomic E-state index is 0.00102. The van der Waals surface area contributed by atoms with E-state index in [1.165, 1.54) is 32.1 Å². The summed E-state index contributed by atoms with van der Waals surface area (Å²) in [6, 6.07) is 19.2. The number of piperidine rings is 1. The molecule has 7 heteroatoms. The molecular formula is C29H36N4O3. The van der Waals surface area contributed by atoms with E-state index in [0.717, 1.165) is 5.69 Å². The molecule has 1 N–H and O–H groups in total. The summed E-state index contributed by atoms with van der Waals surface area (Å²) >= 11 is 0. The topological polar surface area (TPSA) is 73.0 Å². The minimum Gasteiger partial charge on any atom is -0.354 e. The predicted octanol–water partition coefficient (Wildman–Crippen LogP) is 3.66. The third-order valence-corrected chi connectivity index (χ3v) is 8.13. The number of nitrogens with one attached hydrogen (secondary N) is 1. The molecular weight excluding hydrogens is 452 g/mol. The van der Waals surface area contributed by atoms with Gasteiger partial charge in [0.25, 0.3) is 11.8 Å². The monoisotopic (exact) mass is 488 g/mol. The van der Waals surface area contributed by atoms with Crippen molar-refractivity contribution in [2.75, 3.05) is 37.7 Å². The molecule has 2 aromatic rings. The first kappa shape index (κ1) is 24.3. The van der Waals surface area contributed by atoms with Crippen molar-refractivity contribution >= 4 is 23.4 Å². The van der Waals surface area contributed by atoms with Crippen LogP contribution < -0.4 is 10.2 Å². The fraction of sp³-hybridized carbons (Fsp3) is 0.483. The van der Waals surface area contributed by atoms with Crippen LogP contribution in [0.5, 0.6) is 0 Å². The van der Waals surface area contributed by atoms with Crippen molar-refractivity contribution in [3.8, 4) is 0 Å². The zero-order valence-corrected chi connectivity index (χ0v) is 20.9. The number of rotatable bonds is 6. The van der Waals surface area contributed by atoms with Gasteiger partial charge in [0, 0.05) is 30.9 Å². The molecule has 2 heterocycles. The standard InChI is InChI=1S/C29H36N4O3/c34-26(30-20-23-10-4-1-5-11-23)21-32-22-33(25-14-8-3-9-15-25)29(28(32)36)16-18-31(19-17-29)27(35)24-12-6-2-7-13-24/h2-3,6-9,12-15,23H,1,4-5,10-11,16-22H2,(H,30,34). The zero-order valence-electron chi connectivity index (χ0n) is 20.9. The molecule has 36 heavy (non-hydrogen) atoms. The number of benzene rings is 2. The van der Waals surface area contributed by atoms with Gasteiger partial charge in [0.1, 0.15) is 12.1 Å². The van der Waals surface area contributed by atoms with Gasteiger partial charge in [-0.05, 0) is 55.9 Å². The fourth-order valence-electron chi connectivity index (χ4n) is 6.04. The normalized spacial score (nSPS) is 20.1. The molecule has 190 valence electrons. The van der Waals surface area contributed by atoms with Crippen LogP contribution in [-0.2, 0) is 9.59 Å². The van der Waals surface area contributed by atoms with Crippen LogP contribution in [0.2, 0.25) is 0 Å². The summed E-state index contributed by atoms with van der Waals surface area (Å²) in [5, 5.41) is 3.08. The van der Waals surface area contributed by atoms with Crippen molar-refractivity contribution in [2.24, 2.45) is 5.92 Å². The van der Waals surface area contributed by atoms with E-state index in [-0.39, 0.29) is 24.3 Å². The Bertz CT molecular complexity index is 1060. The number of anilines is 1. The molecule has 1 aliphatic carbocycles. The first-order valence-electron chi connectivity index (χ1n) is 13.3. The highest BCUT2D eigenvalue weighted by atomic mass is 16.2. The molecule has 2 saturated heterocycles. The molecule has 0 radical (unpaired) electrons. The molecule has 0 bridgehead atoms. The van der Waals surface area contributed by atoms with Crippen LogP contribution in [-0.4, -0.2) is 65.9 Å². The highest BCUT2D eigenvalue weighted by molar-refractivity contribution is 5.97. The van der Waals surface area contributed by atoms with Gasteiger partial charge in [-0.1, -0.05) is 55.7 Å². The lowest BCUT2D eigenvalue weighted by molar-refractivity contribution is -0.137. The van der Waals surface area contributed by atoms with E-state index >= 15 is 0 Å². The van der Waals surface area contributed by atoms with Crippen LogP contribution in [0.15, 0.2) is 60.7 Å². The molecule has 3 fully saturated rings. The number of hydrogen-bond acceptors (Lipinski definition) is 4. The maximum atomic E-state index is 13.9. The number of likely N-dealkylation sites (tertiary alicyclic amines) is 1. The van der Waals surface area contributed by atoms with Crippen molar-refractivity contribution < 1.29 is 14.4 Å². The molecule has 3 aliphatic rings. The number of amides is 3. The second-order valence-corrected chi connectivity index (χ2v) is 10.4. The number of carbonyl (C=O) groups is 3. The molecule has 0 aromatic heterocycles. The first-order chi connectivity index (χ1) is 17.6. The minimum atomic E-state index is -0.738. The van der Waals surface area contributed by atoms with E-state index in [0.29, 0.717) is 50.6 Å². The van der Waals surface area contributed by atoms with Gasteiger partial charge >= 0.3 is 0 Å². The zero-order chi connectivity index (χ0) is 25.0. The van der Waals surface area contributed by atoms with Crippen molar-refractivity contribution in [1.29, 1.82) is 0 Å². The van der Waals surface area contributed by atoms with E-state index in [4.69, 9.17) is 0 Å². The van der Waals surface area contributed by atoms with Crippen molar-refractivity contribution in [1.82, 2.24) is 15.1 Å². The van der Waals surface area contributed by atoms with Crippen LogP contribution in [0.1, 0.15) is 55.3 Å². The lowest BCUT2D eigenvalue weighted by atomic mass is 9.85. The number of para-hydroxylation sites is 1. The van der Waals surface area contributed by atoms with Gasteiger partial charge in [0.05, 0.1) is 6.67 Å². The van der Waals surface area contributed by atoms with Gasteiger partial charge in [-0.2, -0.15) is 0 Å². The lowest BCUT2D eigenvalue weighted by Gasteiger charge is -2.43. The Morgan fingerprint density at radius 2 is 1.53 bits per heavy atom. The van der Waals surface area contributed by atoms with Gasteiger partial charge in [0.2, 0.25) is 5.91 Å². The summed E-state index contributed by atoms with van der Waals surface area (Å²) in [5.41, 5.74) is 0.902. The highest BCUT2D eigenvalue weighted by Gasteiger charge is 2.54. The lowest BCUT2D eigenvalue weighted by Crippen LogP contribution is -2.57. The molecule has 2 aliphatic heterocycles. The second-order valence-electron chi connectivity index (χ2n) is 10.4. The molecule has 0 atom stereocenters. The van der Waals surface area contributed by atoms with E-state index in [2.05, 4.69) is 10.2 Å². The van der Waals surface area contributed by atoms with E-state index < -0.39 is 5.54 Å². The Morgan fingerprint density at radius 1 is 0.889 bits per heavy atom. The molecule has 0 unspecified atom stereocenters. The molecule has 3 amide bonds. The predicted molar refractivity (Wildman–Crippen MR) is 139 cm³/mol. The summed E-state index contributed by atoms with van der Waals surface area (Å²) in [6.07, 6.45) is 7.20. The third kappa shape index (κ3) is 4.97. The quantitative estimate of drug-likeness (QED) is 0.674. The Labute approximate surface area is 213 Å². The Balaban J connectivity index is 1.28. The Morgan fingerprint density at radius 3 is 2.19 bits per heavy atom.